The fourth-order valence-corrected chi connectivity index (χ4v) is 4.51. The second kappa shape index (κ2) is 9.97. The second-order valence-corrected chi connectivity index (χ2v) is 8.50. The minimum atomic E-state index is -1.61. The first-order valence-corrected chi connectivity index (χ1v) is 11.3. The van der Waals surface area contributed by atoms with Crippen LogP contribution in [0.2, 0.25) is 0 Å². The van der Waals surface area contributed by atoms with E-state index >= 15 is 4.39 Å². The van der Waals surface area contributed by atoms with Gasteiger partial charge in [0.2, 0.25) is 11.8 Å². The summed E-state index contributed by atoms with van der Waals surface area (Å²) in [6.07, 6.45) is 5.44. The number of rotatable bonds is 8. The molecule has 12 heteroatoms. The van der Waals surface area contributed by atoms with Crippen LogP contribution in [0.5, 0.6) is 5.88 Å². The number of Topliss-reactive ketones (excluding diaryl/α,β-unsaturated/α-hetero) is 1. The Balaban J connectivity index is 1.35. The van der Waals surface area contributed by atoms with Crippen molar-refractivity contribution in [2.75, 3.05) is 19.9 Å². The summed E-state index contributed by atoms with van der Waals surface area (Å²) in [7, 11) is 0. The first-order chi connectivity index (χ1) is 17.5. The van der Waals surface area contributed by atoms with Crippen LogP contribution in [0.1, 0.15) is 33.9 Å². The van der Waals surface area contributed by atoms with Crippen molar-refractivity contribution in [1.29, 1.82) is 0 Å². The van der Waals surface area contributed by atoms with Crippen LogP contribution in [0.3, 0.4) is 0 Å². The predicted octanol–water partition coefficient (Wildman–Crippen LogP) is 2.52. The molecule has 2 aliphatic rings. The lowest BCUT2D eigenvalue weighted by Crippen LogP contribution is -2.54. The van der Waals surface area contributed by atoms with Gasteiger partial charge in [-0.25, -0.2) is 28.7 Å². The molecule has 0 spiro atoms. The van der Waals surface area contributed by atoms with Crippen LogP contribution < -0.4 is 10.5 Å². The van der Waals surface area contributed by atoms with E-state index in [0.29, 0.717) is 24.5 Å². The Kier molecular flexibility index (Phi) is 6.59. The lowest BCUT2D eigenvalue weighted by molar-refractivity contribution is -0.0785. The molecule has 5 rings (SSSR count). The molecule has 188 valence electrons. The Hall–Kier alpha value is -3.93. The normalized spacial score (nSPS) is 23.3. The molecule has 2 aromatic heterocycles. The quantitative estimate of drug-likeness (QED) is 0.464. The molecule has 2 aliphatic heterocycles. The summed E-state index contributed by atoms with van der Waals surface area (Å²) in [6.45, 7) is -0.364. The first kappa shape index (κ1) is 23.8. The number of aliphatic imine (C=N–C) groups is 1. The van der Waals surface area contributed by atoms with E-state index in [4.69, 9.17) is 24.4 Å². The molecule has 3 aromatic rings. The zero-order valence-corrected chi connectivity index (χ0v) is 19.1. The van der Waals surface area contributed by atoms with E-state index in [2.05, 4.69) is 19.9 Å². The number of fused-ring (bicyclic) bond motifs is 1. The van der Waals surface area contributed by atoms with Gasteiger partial charge in [0.25, 0.3) is 6.02 Å². The minimum Gasteiger partial charge on any atom is -0.467 e. The van der Waals surface area contributed by atoms with Crippen LogP contribution in [0, 0.1) is 11.7 Å². The number of benzene rings is 1. The van der Waals surface area contributed by atoms with Crippen LogP contribution >= 0.6 is 0 Å². The third-order valence-corrected chi connectivity index (χ3v) is 6.29. The molecule has 0 aliphatic carbocycles. The molecule has 0 unspecified atom stereocenters. The van der Waals surface area contributed by atoms with Crippen molar-refractivity contribution >= 4 is 11.8 Å². The van der Waals surface area contributed by atoms with Gasteiger partial charge >= 0.3 is 0 Å². The molecule has 36 heavy (non-hydrogen) atoms. The van der Waals surface area contributed by atoms with Gasteiger partial charge in [-0.3, -0.25) is 4.79 Å². The van der Waals surface area contributed by atoms with E-state index in [0.717, 1.165) is 0 Å². The summed E-state index contributed by atoms with van der Waals surface area (Å²) < 4.78 is 51.3. The Labute approximate surface area is 204 Å². The summed E-state index contributed by atoms with van der Waals surface area (Å²) >= 11 is 0. The van der Waals surface area contributed by atoms with E-state index < -0.39 is 30.1 Å². The van der Waals surface area contributed by atoms with Crippen molar-refractivity contribution in [2.24, 2.45) is 16.6 Å². The Morgan fingerprint density at radius 1 is 1.25 bits per heavy atom. The van der Waals surface area contributed by atoms with Crippen LogP contribution in [-0.4, -0.2) is 52.7 Å². The van der Waals surface area contributed by atoms with Crippen molar-refractivity contribution in [3.63, 3.8) is 0 Å². The van der Waals surface area contributed by atoms with Gasteiger partial charge in [-0.2, -0.15) is 0 Å². The molecular formula is C24H23F2N5O5. The zero-order chi connectivity index (χ0) is 25.1. The van der Waals surface area contributed by atoms with Gasteiger partial charge in [0, 0.05) is 18.4 Å². The number of ether oxygens (including phenoxy) is 3. The molecular weight excluding hydrogens is 476 g/mol. The van der Waals surface area contributed by atoms with Gasteiger partial charge in [-0.1, -0.05) is 6.07 Å². The number of carbonyl (C=O) groups excluding carboxylic acids is 1. The van der Waals surface area contributed by atoms with Gasteiger partial charge in [0.15, 0.2) is 12.4 Å². The van der Waals surface area contributed by atoms with Gasteiger partial charge in [-0.05, 0) is 17.7 Å². The SMILES string of the molecule is NC1=N[C@](CF)(c2cc(CC(=O)c3cnc(OCc4ncco4)cn3)ccc2F)[C@H]2COCC[C@H]2O1. The Bertz CT molecular complexity index is 1250. The van der Waals surface area contributed by atoms with Gasteiger partial charge in [0.05, 0.1) is 37.7 Å². The molecule has 2 N–H and O–H groups in total. The number of oxazole rings is 1. The summed E-state index contributed by atoms with van der Waals surface area (Å²) in [4.78, 5) is 29.2. The smallest absolute Gasteiger partial charge is 0.283 e. The summed E-state index contributed by atoms with van der Waals surface area (Å²) in [5.41, 5.74) is 4.79. The number of hydrogen-bond donors (Lipinski definition) is 1. The highest BCUT2D eigenvalue weighted by atomic mass is 19.1. The minimum absolute atomic E-state index is 0.00316. The molecule has 1 fully saturated rings. The predicted molar refractivity (Wildman–Crippen MR) is 120 cm³/mol. The number of hydrogen-bond acceptors (Lipinski definition) is 10. The number of halogens is 2. The number of alkyl halides is 1. The maximum atomic E-state index is 15.1. The molecule has 3 atom stereocenters. The fraction of sp³-hybridized carbons (Fsp3) is 0.375. The van der Waals surface area contributed by atoms with E-state index in [-0.39, 0.29) is 48.6 Å². The van der Waals surface area contributed by atoms with Crippen molar-refractivity contribution in [1.82, 2.24) is 15.0 Å². The van der Waals surface area contributed by atoms with Gasteiger partial charge in [-0.15, -0.1) is 0 Å². The van der Waals surface area contributed by atoms with Crippen LogP contribution in [0.25, 0.3) is 0 Å². The van der Waals surface area contributed by atoms with E-state index in [1.807, 2.05) is 0 Å². The highest BCUT2D eigenvalue weighted by Crippen LogP contribution is 2.44. The molecule has 4 heterocycles. The van der Waals surface area contributed by atoms with Gasteiger partial charge < -0.3 is 24.4 Å². The Morgan fingerprint density at radius 3 is 2.89 bits per heavy atom. The molecule has 0 radical (unpaired) electrons. The number of carbonyl (C=O) groups is 1. The lowest BCUT2D eigenvalue weighted by Gasteiger charge is -2.45. The summed E-state index contributed by atoms with van der Waals surface area (Å²) in [5.74, 6) is -1.02. The molecule has 1 saturated heterocycles. The Morgan fingerprint density at radius 2 is 2.14 bits per heavy atom. The number of amidine groups is 1. The zero-order valence-electron chi connectivity index (χ0n) is 19.1. The number of ketones is 1. The van der Waals surface area contributed by atoms with E-state index in [1.54, 1.807) is 0 Å². The molecule has 10 nitrogen and oxygen atoms in total. The third-order valence-electron chi connectivity index (χ3n) is 6.29. The fourth-order valence-electron chi connectivity index (χ4n) is 4.51. The van der Waals surface area contributed by atoms with Crippen LogP contribution in [-0.2, 0) is 28.0 Å². The number of aromatic nitrogens is 3. The maximum absolute atomic E-state index is 15.1. The lowest BCUT2D eigenvalue weighted by atomic mass is 9.74. The van der Waals surface area contributed by atoms with E-state index in [9.17, 15) is 9.18 Å². The maximum Gasteiger partial charge on any atom is 0.283 e. The average molecular weight is 499 g/mol. The van der Waals surface area contributed by atoms with Gasteiger partial charge in [0.1, 0.15) is 36.1 Å². The largest absolute Gasteiger partial charge is 0.467 e. The topological polar surface area (TPSA) is 135 Å². The van der Waals surface area contributed by atoms with Crippen molar-refractivity contribution in [3.05, 3.63) is 71.6 Å². The highest BCUT2D eigenvalue weighted by molar-refractivity contribution is 5.95. The van der Waals surface area contributed by atoms with Crippen LogP contribution in [0.15, 0.2) is 52.5 Å². The first-order valence-electron chi connectivity index (χ1n) is 11.3. The monoisotopic (exact) mass is 499 g/mol. The summed E-state index contributed by atoms with van der Waals surface area (Å²) in [5, 5.41) is 0. The van der Waals surface area contributed by atoms with Crippen molar-refractivity contribution < 1.29 is 32.2 Å². The summed E-state index contributed by atoms with van der Waals surface area (Å²) in [6, 6.07) is 3.91. The van der Waals surface area contributed by atoms with Crippen molar-refractivity contribution in [2.45, 2.75) is 31.1 Å². The molecule has 0 saturated carbocycles. The number of nitrogens with two attached hydrogens (primary N) is 1. The molecule has 0 amide bonds. The molecule has 1 aromatic carbocycles. The third kappa shape index (κ3) is 4.63. The second-order valence-electron chi connectivity index (χ2n) is 8.50. The number of nitrogens with zero attached hydrogens (tertiary/aromatic N) is 4. The van der Waals surface area contributed by atoms with E-state index in [1.165, 1.54) is 43.1 Å². The standard InChI is InChI=1S/C24H23F2N5O5/c25-13-24(16-11-33-5-3-20(16)36-23(27)31-24)15-7-14(1-2-17(15)26)8-19(32)18-9-30-21(10-29-18)35-12-22-28-4-6-34-22/h1-2,4,6-7,9-10,16,20H,3,5,8,11-13H2,(H2,27,31)/t16-,20+,24+/m0/s1. The van der Waals surface area contributed by atoms with Crippen LogP contribution in [0.4, 0.5) is 8.78 Å². The highest BCUT2D eigenvalue weighted by Gasteiger charge is 2.51. The average Bonchev–Trinajstić information content (AvgIpc) is 3.42. The molecule has 0 bridgehead atoms. The van der Waals surface area contributed by atoms with Crippen molar-refractivity contribution in [3.8, 4) is 5.88 Å².